The molecule has 0 bridgehead atoms. The Hall–Kier alpha value is -2.16. The smallest absolute Gasteiger partial charge is 0.339 e. The molecule has 25 heavy (non-hydrogen) atoms. The number of morpholine rings is 1. The predicted octanol–water partition coefficient (Wildman–Crippen LogP) is 0.696. The monoisotopic (exact) mass is 349 g/mol. The van der Waals surface area contributed by atoms with Crippen molar-refractivity contribution < 1.29 is 23.8 Å². The van der Waals surface area contributed by atoms with E-state index >= 15 is 0 Å². The van der Waals surface area contributed by atoms with Gasteiger partial charge >= 0.3 is 12.0 Å². The number of hydrogen-bond donors (Lipinski definition) is 2. The molecule has 0 saturated carbocycles. The number of hydrogen-bond acceptors (Lipinski definition) is 6. The second-order valence-electron chi connectivity index (χ2n) is 6.15. The number of urea groups is 1. The summed E-state index contributed by atoms with van der Waals surface area (Å²) in [6, 6.07) is 6.50. The number of carbonyl (C=O) groups is 2. The highest BCUT2D eigenvalue weighted by atomic mass is 16.5. The second-order valence-corrected chi connectivity index (χ2v) is 6.15. The molecule has 1 aromatic rings. The van der Waals surface area contributed by atoms with Crippen LogP contribution in [0, 0.1) is 0 Å². The maximum Gasteiger partial charge on any atom is 0.339 e. The summed E-state index contributed by atoms with van der Waals surface area (Å²) in [6.45, 7) is 3.82. The Bertz CT molecular complexity index is 628. The van der Waals surface area contributed by atoms with Gasteiger partial charge in [-0.05, 0) is 12.1 Å². The molecular formula is C17H23N3O5. The van der Waals surface area contributed by atoms with E-state index in [4.69, 9.17) is 14.2 Å². The summed E-state index contributed by atoms with van der Waals surface area (Å²) in [7, 11) is 1.31. The molecule has 2 N–H and O–H groups in total. The number of carbonyl (C=O) groups excluding carboxylic acids is 2. The number of benzene rings is 1. The largest absolute Gasteiger partial charge is 0.465 e. The number of ether oxygens (including phenoxy) is 3. The molecule has 8 nitrogen and oxygen atoms in total. The molecule has 2 saturated heterocycles. The van der Waals surface area contributed by atoms with Crippen LogP contribution in [-0.2, 0) is 14.2 Å². The average Bonchev–Trinajstić information content (AvgIpc) is 2.87. The minimum absolute atomic E-state index is 0.275. The Morgan fingerprint density at radius 1 is 1.32 bits per heavy atom. The molecule has 1 aromatic carbocycles. The van der Waals surface area contributed by atoms with Crippen LogP contribution in [0.1, 0.15) is 10.4 Å². The molecule has 0 aromatic heterocycles. The fourth-order valence-electron chi connectivity index (χ4n) is 3.06. The Balaban J connectivity index is 1.70. The Morgan fingerprint density at radius 3 is 3.00 bits per heavy atom. The molecule has 3 rings (SSSR count). The summed E-state index contributed by atoms with van der Waals surface area (Å²) >= 11 is 0. The summed E-state index contributed by atoms with van der Waals surface area (Å²) in [5.74, 6) is -0.490. The van der Waals surface area contributed by atoms with E-state index in [9.17, 15) is 9.59 Å². The summed E-state index contributed by atoms with van der Waals surface area (Å²) in [5.41, 5.74) is 0.212. The highest BCUT2D eigenvalue weighted by molar-refractivity contribution is 6.00. The molecule has 0 aliphatic carbocycles. The van der Waals surface area contributed by atoms with E-state index < -0.39 is 11.6 Å². The topological polar surface area (TPSA) is 89.1 Å². The molecule has 2 fully saturated rings. The molecule has 2 aliphatic heterocycles. The van der Waals surface area contributed by atoms with Crippen LogP contribution >= 0.6 is 0 Å². The van der Waals surface area contributed by atoms with E-state index in [1.54, 1.807) is 29.2 Å². The highest BCUT2D eigenvalue weighted by Crippen LogP contribution is 2.22. The van der Waals surface area contributed by atoms with Crippen molar-refractivity contribution >= 4 is 17.7 Å². The van der Waals surface area contributed by atoms with Crippen LogP contribution in [0.4, 0.5) is 10.5 Å². The standard InChI is InChI=1S/C17H23N3O5/c1-23-15(21)13-4-2-3-5-14(13)19-16(22)20-7-9-25-17(11-20)10-18-6-8-24-12-17/h2-5,18H,6-12H2,1H3,(H,19,22)/t17-/m0/s1. The number of anilines is 1. The summed E-state index contributed by atoms with van der Waals surface area (Å²) in [6.07, 6.45) is 0. The van der Waals surface area contributed by atoms with Gasteiger partial charge in [0.15, 0.2) is 0 Å². The fraction of sp³-hybridized carbons (Fsp3) is 0.529. The van der Waals surface area contributed by atoms with E-state index in [2.05, 4.69) is 10.6 Å². The van der Waals surface area contributed by atoms with Crippen molar-refractivity contribution in [3.8, 4) is 0 Å². The third-order valence-electron chi connectivity index (χ3n) is 4.35. The second kappa shape index (κ2) is 7.81. The van der Waals surface area contributed by atoms with Gasteiger partial charge in [-0.1, -0.05) is 12.1 Å². The molecule has 0 radical (unpaired) electrons. The number of esters is 1. The van der Waals surface area contributed by atoms with Gasteiger partial charge in [-0.25, -0.2) is 9.59 Å². The quantitative estimate of drug-likeness (QED) is 0.764. The van der Waals surface area contributed by atoms with Crippen LogP contribution in [-0.4, -0.2) is 75.6 Å². The normalized spacial score (nSPS) is 23.8. The van der Waals surface area contributed by atoms with Gasteiger partial charge in [0.05, 0.1) is 44.7 Å². The first kappa shape index (κ1) is 17.7. The van der Waals surface area contributed by atoms with Gasteiger partial charge in [0, 0.05) is 19.6 Å². The Kier molecular flexibility index (Phi) is 5.52. The van der Waals surface area contributed by atoms with Crippen LogP contribution in [0.2, 0.25) is 0 Å². The van der Waals surface area contributed by atoms with Crippen molar-refractivity contribution in [1.82, 2.24) is 10.2 Å². The van der Waals surface area contributed by atoms with Gasteiger partial charge in [0.1, 0.15) is 5.60 Å². The maximum absolute atomic E-state index is 12.7. The number of nitrogens with zero attached hydrogens (tertiary/aromatic N) is 1. The summed E-state index contributed by atoms with van der Waals surface area (Å²) in [5, 5.41) is 6.08. The van der Waals surface area contributed by atoms with Gasteiger partial charge < -0.3 is 29.7 Å². The van der Waals surface area contributed by atoms with E-state index in [1.165, 1.54) is 7.11 Å². The zero-order valence-electron chi connectivity index (χ0n) is 14.2. The Morgan fingerprint density at radius 2 is 2.16 bits per heavy atom. The number of amides is 2. The van der Waals surface area contributed by atoms with Crippen LogP contribution in [0.15, 0.2) is 24.3 Å². The molecule has 0 unspecified atom stereocenters. The molecule has 2 heterocycles. The first-order valence-corrected chi connectivity index (χ1v) is 8.29. The zero-order valence-corrected chi connectivity index (χ0v) is 14.2. The van der Waals surface area contributed by atoms with Crippen LogP contribution in [0.5, 0.6) is 0 Å². The van der Waals surface area contributed by atoms with Gasteiger partial charge in [0.2, 0.25) is 0 Å². The van der Waals surface area contributed by atoms with Crippen molar-refractivity contribution in [1.29, 1.82) is 0 Å². The molecule has 8 heteroatoms. The van der Waals surface area contributed by atoms with Gasteiger partial charge in [-0.2, -0.15) is 0 Å². The van der Waals surface area contributed by atoms with E-state index in [0.29, 0.717) is 50.7 Å². The molecule has 2 aliphatic rings. The van der Waals surface area contributed by atoms with Crippen molar-refractivity contribution in [2.45, 2.75) is 5.60 Å². The van der Waals surface area contributed by atoms with E-state index in [-0.39, 0.29) is 6.03 Å². The van der Waals surface area contributed by atoms with Gasteiger partial charge in [0.25, 0.3) is 0 Å². The van der Waals surface area contributed by atoms with E-state index in [0.717, 1.165) is 6.54 Å². The van der Waals surface area contributed by atoms with Crippen molar-refractivity contribution in [2.24, 2.45) is 0 Å². The van der Waals surface area contributed by atoms with Crippen LogP contribution in [0.3, 0.4) is 0 Å². The highest BCUT2D eigenvalue weighted by Gasteiger charge is 2.39. The minimum Gasteiger partial charge on any atom is -0.465 e. The van der Waals surface area contributed by atoms with Crippen molar-refractivity contribution in [3.63, 3.8) is 0 Å². The SMILES string of the molecule is COC(=O)c1ccccc1NC(=O)N1CCO[C@@]2(CNCCOC2)C1. The van der Waals surface area contributed by atoms with Crippen molar-refractivity contribution in [2.75, 3.05) is 58.4 Å². The lowest BCUT2D eigenvalue weighted by molar-refractivity contribution is -0.123. The van der Waals surface area contributed by atoms with Crippen LogP contribution in [0.25, 0.3) is 0 Å². The predicted molar refractivity (Wildman–Crippen MR) is 90.7 cm³/mol. The molecule has 136 valence electrons. The lowest BCUT2D eigenvalue weighted by Crippen LogP contribution is -2.60. The number of methoxy groups -OCH3 is 1. The zero-order chi connectivity index (χ0) is 17.7. The average molecular weight is 349 g/mol. The van der Waals surface area contributed by atoms with Gasteiger partial charge in [-0.15, -0.1) is 0 Å². The van der Waals surface area contributed by atoms with Gasteiger partial charge in [-0.3, -0.25) is 0 Å². The molecule has 2 amide bonds. The third-order valence-corrected chi connectivity index (χ3v) is 4.35. The molecule has 1 spiro atoms. The first-order valence-electron chi connectivity index (χ1n) is 8.29. The summed E-state index contributed by atoms with van der Waals surface area (Å²) in [4.78, 5) is 26.2. The molecule has 1 atom stereocenters. The fourth-order valence-corrected chi connectivity index (χ4v) is 3.06. The third kappa shape index (κ3) is 4.09. The lowest BCUT2D eigenvalue weighted by Gasteiger charge is -2.41. The minimum atomic E-state index is -0.534. The maximum atomic E-state index is 12.7. The number of rotatable bonds is 2. The van der Waals surface area contributed by atoms with Crippen molar-refractivity contribution in [3.05, 3.63) is 29.8 Å². The van der Waals surface area contributed by atoms with E-state index in [1.807, 2.05) is 0 Å². The number of para-hydroxylation sites is 1. The number of nitrogens with one attached hydrogen (secondary N) is 2. The Labute approximate surface area is 146 Å². The van der Waals surface area contributed by atoms with Crippen LogP contribution < -0.4 is 10.6 Å². The molecular weight excluding hydrogens is 326 g/mol. The first-order chi connectivity index (χ1) is 12.1. The summed E-state index contributed by atoms with van der Waals surface area (Å²) < 4.78 is 16.3. The lowest BCUT2D eigenvalue weighted by atomic mass is 10.0.